The summed E-state index contributed by atoms with van der Waals surface area (Å²) in [6.07, 6.45) is -0.124. The van der Waals surface area contributed by atoms with Crippen LogP contribution in [0.25, 0.3) is 10.8 Å². The normalized spacial score (nSPS) is 12.5. The molecule has 0 saturated carbocycles. The van der Waals surface area contributed by atoms with Crippen molar-refractivity contribution < 1.29 is 29.0 Å². The second kappa shape index (κ2) is 14.0. The van der Waals surface area contributed by atoms with Gasteiger partial charge in [-0.2, -0.15) is 0 Å². The number of carbonyl (C=O) groups excluding carboxylic acids is 2. The third kappa shape index (κ3) is 8.35. The molecule has 0 bridgehead atoms. The highest BCUT2D eigenvalue weighted by atomic mass is 33.1. The molecular weight excluding hydrogens is 520 g/mol. The SMILES string of the molecule is CC(=O)NC(CSSCOC(=O)N(C)CC[C@H](Oc1cccc2ccccc12)c1cccs1)C(=O)O. The molecule has 2 N–H and O–H groups in total. The summed E-state index contributed by atoms with van der Waals surface area (Å²) in [7, 11) is 4.08. The minimum atomic E-state index is -1.11. The quantitative estimate of drug-likeness (QED) is 0.166. The Bertz CT molecular complexity index is 1150. The maximum atomic E-state index is 12.4. The molecular formula is C25H28N2O6S3. The number of nitrogens with one attached hydrogen (secondary N) is 1. The average molecular weight is 549 g/mol. The molecule has 3 rings (SSSR count). The topological polar surface area (TPSA) is 105 Å². The van der Waals surface area contributed by atoms with Crippen molar-refractivity contribution in [1.29, 1.82) is 0 Å². The Balaban J connectivity index is 1.49. The van der Waals surface area contributed by atoms with Crippen molar-refractivity contribution in [2.24, 2.45) is 0 Å². The summed E-state index contributed by atoms with van der Waals surface area (Å²) < 4.78 is 11.7. The highest BCUT2D eigenvalue weighted by molar-refractivity contribution is 8.76. The Kier molecular flexibility index (Phi) is 10.8. The molecule has 2 aromatic carbocycles. The van der Waals surface area contributed by atoms with E-state index in [1.165, 1.54) is 33.4 Å². The molecule has 0 spiro atoms. The first kappa shape index (κ1) is 27.7. The van der Waals surface area contributed by atoms with Crippen molar-refractivity contribution in [3.05, 3.63) is 64.9 Å². The summed E-state index contributed by atoms with van der Waals surface area (Å²) in [6.45, 7) is 1.69. The van der Waals surface area contributed by atoms with Crippen molar-refractivity contribution >= 4 is 61.7 Å². The van der Waals surface area contributed by atoms with Crippen LogP contribution in [0.4, 0.5) is 4.79 Å². The maximum absolute atomic E-state index is 12.4. The first-order chi connectivity index (χ1) is 17.3. The first-order valence-corrected chi connectivity index (χ1v) is 14.5. The van der Waals surface area contributed by atoms with Crippen LogP contribution >= 0.6 is 32.9 Å². The molecule has 0 aliphatic heterocycles. The lowest BCUT2D eigenvalue weighted by Crippen LogP contribution is -2.41. The fraction of sp³-hybridized carbons (Fsp3) is 0.320. The Morgan fingerprint density at radius 1 is 1.08 bits per heavy atom. The van der Waals surface area contributed by atoms with Gasteiger partial charge >= 0.3 is 12.1 Å². The largest absolute Gasteiger partial charge is 0.484 e. The number of benzene rings is 2. The molecule has 1 unspecified atom stereocenters. The van der Waals surface area contributed by atoms with Gasteiger partial charge < -0.3 is 24.8 Å². The highest BCUT2D eigenvalue weighted by Gasteiger charge is 2.20. The molecule has 36 heavy (non-hydrogen) atoms. The molecule has 8 nitrogen and oxygen atoms in total. The van der Waals surface area contributed by atoms with Crippen LogP contribution in [0.1, 0.15) is 24.3 Å². The van der Waals surface area contributed by atoms with Crippen molar-refractivity contribution in [2.75, 3.05) is 25.3 Å². The van der Waals surface area contributed by atoms with E-state index in [1.54, 1.807) is 18.4 Å². The first-order valence-electron chi connectivity index (χ1n) is 11.1. The molecule has 0 aliphatic carbocycles. The minimum Gasteiger partial charge on any atom is -0.484 e. The maximum Gasteiger partial charge on any atom is 0.410 e. The van der Waals surface area contributed by atoms with Crippen LogP contribution in [0.15, 0.2) is 60.0 Å². The van der Waals surface area contributed by atoms with E-state index in [1.807, 2.05) is 60.0 Å². The lowest BCUT2D eigenvalue weighted by atomic mass is 10.1. The number of carbonyl (C=O) groups is 3. The van der Waals surface area contributed by atoms with Crippen molar-refractivity contribution in [1.82, 2.24) is 10.2 Å². The summed E-state index contributed by atoms with van der Waals surface area (Å²) in [5.41, 5.74) is 0. The van der Waals surface area contributed by atoms with Gasteiger partial charge in [0, 0.05) is 43.0 Å². The van der Waals surface area contributed by atoms with E-state index in [2.05, 4.69) is 5.32 Å². The number of rotatable bonds is 13. The number of hydrogen-bond donors (Lipinski definition) is 2. The van der Waals surface area contributed by atoms with E-state index >= 15 is 0 Å². The smallest absolute Gasteiger partial charge is 0.410 e. The number of fused-ring (bicyclic) bond motifs is 1. The van der Waals surface area contributed by atoms with Gasteiger partial charge in [0.25, 0.3) is 0 Å². The van der Waals surface area contributed by atoms with Crippen LogP contribution in [0.2, 0.25) is 0 Å². The molecule has 0 aliphatic rings. The summed E-state index contributed by atoms with van der Waals surface area (Å²) in [5, 5.41) is 15.6. The van der Waals surface area contributed by atoms with Gasteiger partial charge in [0.1, 0.15) is 23.8 Å². The number of hydrogen-bond acceptors (Lipinski definition) is 8. The summed E-state index contributed by atoms with van der Waals surface area (Å²) in [6, 6.07) is 17.0. The third-order valence-electron chi connectivity index (χ3n) is 5.14. The van der Waals surface area contributed by atoms with E-state index in [-0.39, 0.29) is 17.8 Å². The highest BCUT2D eigenvalue weighted by Crippen LogP contribution is 2.33. The summed E-state index contributed by atoms with van der Waals surface area (Å²) >= 11 is 1.61. The number of amides is 2. The van der Waals surface area contributed by atoms with Crippen molar-refractivity contribution in [3.63, 3.8) is 0 Å². The fourth-order valence-corrected chi connectivity index (χ4v) is 5.85. The van der Waals surface area contributed by atoms with Gasteiger partial charge in [-0.05, 0) is 22.9 Å². The molecule has 11 heteroatoms. The number of carboxylic acids is 1. The predicted octanol–water partition coefficient (Wildman–Crippen LogP) is 5.41. The van der Waals surface area contributed by atoms with Crippen LogP contribution in [0, 0.1) is 0 Å². The lowest BCUT2D eigenvalue weighted by molar-refractivity contribution is -0.140. The molecule has 2 atom stereocenters. The number of thiophene rings is 1. The van der Waals surface area contributed by atoms with Gasteiger partial charge in [-0.1, -0.05) is 64.1 Å². The second-order valence-electron chi connectivity index (χ2n) is 7.83. The van der Waals surface area contributed by atoms with Crippen LogP contribution in [0.5, 0.6) is 5.75 Å². The van der Waals surface area contributed by atoms with E-state index < -0.39 is 24.0 Å². The molecule has 0 saturated heterocycles. The molecule has 0 radical (unpaired) electrons. The molecule has 1 aromatic heterocycles. The monoisotopic (exact) mass is 548 g/mol. The number of nitrogens with zero attached hydrogens (tertiary/aromatic N) is 1. The number of aliphatic carboxylic acids is 1. The number of ether oxygens (including phenoxy) is 2. The van der Waals surface area contributed by atoms with Crippen LogP contribution in [0.3, 0.4) is 0 Å². The van der Waals surface area contributed by atoms with Gasteiger partial charge in [-0.3, -0.25) is 4.79 Å². The van der Waals surface area contributed by atoms with Crippen LogP contribution in [-0.2, 0) is 14.3 Å². The Labute approximate surface area is 221 Å². The second-order valence-corrected chi connectivity index (χ2v) is 11.3. The Hall–Kier alpha value is -2.89. The zero-order valence-electron chi connectivity index (χ0n) is 19.9. The van der Waals surface area contributed by atoms with Gasteiger partial charge in [0.05, 0.1) is 0 Å². The molecule has 192 valence electrons. The fourth-order valence-electron chi connectivity index (χ4n) is 3.34. The van der Waals surface area contributed by atoms with E-state index in [4.69, 9.17) is 14.6 Å². The van der Waals surface area contributed by atoms with Crippen LogP contribution < -0.4 is 10.1 Å². The Morgan fingerprint density at radius 2 is 1.86 bits per heavy atom. The molecule has 1 heterocycles. The lowest BCUT2D eigenvalue weighted by Gasteiger charge is -2.23. The van der Waals surface area contributed by atoms with Gasteiger partial charge in [-0.15, -0.1) is 11.3 Å². The zero-order valence-corrected chi connectivity index (χ0v) is 22.4. The number of carboxylic acid groups (broad SMARTS) is 1. The predicted molar refractivity (Wildman–Crippen MR) is 146 cm³/mol. The van der Waals surface area contributed by atoms with Crippen molar-refractivity contribution in [3.8, 4) is 5.75 Å². The van der Waals surface area contributed by atoms with Gasteiger partial charge in [-0.25, -0.2) is 9.59 Å². The average Bonchev–Trinajstić information content (AvgIpc) is 3.40. The van der Waals surface area contributed by atoms with Gasteiger partial charge in [0.15, 0.2) is 0 Å². The standard InChI is InChI=1S/C25H28N2O6S3/c1-17(28)26-20(24(29)30)15-35-36-16-32-25(31)27(2)13-12-22(23-11-6-14-34-23)33-21-10-5-8-18-7-3-4-9-19(18)21/h3-11,14,20,22H,12-13,15-16H2,1-2H3,(H,26,28)(H,29,30)/t20?,22-/m0/s1. The summed E-state index contributed by atoms with van der Waals surface area (Å²) in [5.74, 6) is -0.515. The van der Waals surface area contributed by atoms with E-state index in [9.17, 15) is 14.4 Å². The van der Waals surface area contributed by atoms with Crippen LogP contribution in [-0.4, -0.2) is 59.3 Å². The van der Waals surface area contributed by atoms with Crippen molar-refractivity contribution in [2.45, 2.75) is 25.5 Å². The third-order valence-corrected chi connectivity index (χ3v) is 8.15. The molecule has 2 amide bonds. The van der Waals surface area contributed by atoms with E-state index in [0.717, 1.165) is 21.4 Å². The molecule has 3 aromatic rings. The Morgan fingerprint density at radius 3 is 2.58 bits per heavy atom. The van der Waals surface area contributed by atoms with E-state index in [0.29, 0.717) is 13.0 Å². The summed E-state index contributed by atoms with van der Waals surface area (Å²) in [4.78, 5) is 37.2. The minimum absolute atomic E-state index is 0.0567. The van der Waals surface area contributed by atoms with Gasteiger partial charge in [0.2, 0.25) is 5.91 Å². The zero-order chi connectivity index (χ0) is 25.9. The molecule has 0 fully saturated rings.